The lowest BCUT2D eigenvalue weighted by molar-refractivity contribution is -0.633. The normalized spacial score (nSPS) is 11.1. The minimum Gasteiger partial charge on any atom is -0.237 e. The maximum atomic E-state index is 4.43. The smallest absolute Gasteiger partial charge is 0.213 e. The molecule has 0 fully saturated rings. The van der Waals surface area contributed by atoms with E-state index in [1.807, 2.05) is 6.07 Å². The molecule has 2 aromatic carbocycles. The minimum absolute atomic E-state index is 0.758. The van der Waals surface area contributed by atoms with Crippen molar-refractivity contribution < 1.29 is 4.57 Å². The predicted octanol–water partition coefficient (Wildman–Crippen LogP) is 4.71. The van der Waals surface area contributed by atoms with Crippen molar-refractivity contribution in [2.45, 2.75) is 20.8 Å². The summed E-state index contributed by atoms with van der Waals surface area (Å²) in [5.41, 5.74) is 8.67. The first-order chi connectivity index (χ1) is 12.6. The monoisotopic (exact) mass is 340 g/mol. The number of aryl methyl sites for hydroxylation is 3. The van der Waals surface area contributed by atoms with Crippen LogP contribution < -0.4 is 4.57 Å². The predicted molar refractivity (Wildman–Crippen MR) is 106 cm³/mol. The Kier molecular flexibility index (Phi) is 4.00. The fourth-order valence-corrected chi connectivity index (χ4v) is 3.63. The Bertz CT molecular complexity index is 1120. The maximum Gasteiger partial charge on any atom is 0.213 e. The highest BCUT2D eigenvalue weighted by molar-refractivity contribution is 5.91. The lowest BCUT2D eigenvalue weighted by atomic mass is 9.96. The number of fused-ring (bicyclic) bond motifs is 1. The maximum absolute atomic E-state index is 4.43. The number of nitrogens with zero attached hydrogens (tertiary/aromatic N) is 3. The van der Waals surface area contributed by atoms with Crippen LogP contribution in [0.15, 0.2) is 60.9 Å². The molecule has 2 heterocycles. The van der Waals surface area contributed by atoms with Crippen LogP contribution in [0.25, 0.3) is 33.5 Å². The zero-order valence-electron chi connectivity index (χ0n) is 15.6. The standard InChI is InChI=1S/C23H22N3/c1-15-13-16(2)17(3)20(14-15)22-10-9-18-19(23-24-11-6-12-25-23)7-5-8-21(18)26(22)4/h5-14H,1-4H3/q+1. The van der Waals surface area contributed by atoms with E-state index >= 15 is 0 Å². The average Bonchev–Trinajstić information content (AvgIpc) is 2.66. The summed E-state index contributed by atoms with van der Waals surface area (Å²) >= 11 is 0. The highest BCUT2D eigenvalue weighted by Gasteiger charge is 2.19. The van der Waals surface area contributed by atoms with E-state index in [4.69, 9.17) is 0 Å². The Hall–Kier alpha value is -3.07. The second kappa shape index (κ2) is 6.34. The zero-order valence-corrected chi connectivity index (χ0v) is 15.6. The molecule has 0 unspecified atom stereocenters. The van der Waals surface area contributed by atoms with Gasteiger partial charge in [-0.2, -0.15) is 4.57 Å². The van der Waals surface area contributed by atoms with Gasteiger partial charge in [-0.1, -0.05) is 23.8 Å². The van der Waals surface area contributed by atoms with Gasteiger partial charge >= 0.3 is 0 Å². The Labute approximate surface area is 154 Å². The zero-order chi connectivity index (χ0) is 18.3. The number of pyridine rings is 1. The van der Waals surface area contributed by atoms with Crippen LogP contribution in [0, 0.1) is 20.8 Å². The van der Waals surface area contributed by atoms with E-state index < -0.39 is 0 Å². The van der Waals surface area contributed by atoms with Gasteiger partial charge in [-0.15, -0.1) is 0 Å². The molecule has 26 heavy (non-hydrogen) atoms. The Morgan fingerprint density at radius 1 is 0.808 bits per heavy atom. The second-order valence-corrected chi connectivity index (χ2v) is 6.84. The number of hydrogen-bond donors (Lipinski definition) is 0. The lowest BCUT2D eigenvalue weighted by Crippen LogP contribution is -2.32. The highest BCUT2D eigenvalue weighted by Crippen LogP contribution is 2.29. The molecule has 0 aliphatic rings. The number of rotatable bonds is 2. The van der Waals surface area contributed by atoms with Gasteiger partial charge in [-0.25, -0.2) is 9.97 Å². The van der Waals surface area contributed by atoms with Crippen LogP contribution in [0.4, 0.5) is 0 Å². The first kappa shape index (κ1) is 16.4. The first-order valence-electron chi connectivity index (χ1n) is 8.83. The molecule has 3 heteroatoms. The van der Waals surface area contributed by atoms with Crippen molar-refractivity contribution in [3.8, 4) is 22.6 Å². The van der Waals surface area contributed by atoms with Crippen molar-refractivity contribution >= 4 is 10.9 Å². The molecule has 0 N–H and O–H groups in total. The Morgan fingerprint density at radius 3 is 2.35 bits per heavy atom. The summed E-state index contributed by atoms with van der Waals surface area (Å²) in [5.74, 6) is 0.758. The topological polar surface area (TPSA) is 29.7 Å². The van der Waals surface area contributed by atoms with E-state index in [9.17, 15) is 0 Å². The molecule has 0 spiro atoms. The molecular weight excluding hydrogens is 318 g/mol. The van der Waals surface area contributed by atoms with Gasteiger partial charge in [0.25, 0.3) is 0 Å². The van der Waals surface area contributed by atoms with Crippen molar-refractivity contribution in [1.82, 2.24) is 9.97 Å². The van der Waals surface area contributed by atoms with E-state index in [1.165, 1.54) is 33.5 Å². The van der Waals surface area contributed by atoms with Gasteiger partial charge in [0.1, 0.15) is 7.05 Å². The second-order valence-electron chi connectivity index (χ2n) is 6.84. The summed E-state index contributed by atoms with van der Waals surface area (Å²) in [7, 11) is 2.13. The highest BCUT2D eigenvalue weighted by atomic mass is 14.9. The molecule has 0 atom stereocenters. The molecule has 0 amide bonds. The summed E-state index contributed by atoms with van der Waals surface area (Å²) in [6.45, 7) is 6.53. The van der Waals surface area contributed by atoms with E-state index in [-0.39, 0.29) is 0 Å². The summed E-state index contributed by atoms with van der Waals surface area (Å²) in [6, 6.07) is 17.1. The van der Waals surface area contributed by atoms with Crippen molar-refractivity contribution in [2.24, 2.45) is 7.05 Å². The molecule has 3 nitrogen and oxygen atoms in total. The third-order valence-corrected chi connectivity index (χ3v) is 5.11. The molecule has 0 saturated heterocycles. The molecule has 2 aromatic heterocycles. The van der Waals surface area contributed by atoms with E-state index in [2.05, 4.69) is 84.8 Å². The molecular formula is C23H22N3+. The molecule has 0 aliphatic carbocycles. The van der Waals surface area contributed by atoms with Crippen LogP contribution in [0.1, 0.15) is 16.7 Å². The summed E-state index contributed by atoms with van der Waals surface area (Å²) in [4.78, 5) is 8.85. The third kappa shape index (κ3) is 2.66. The summed E-state index contributed by atoms with van der Waals surface area (Å²) in [5, 5.41) is 1.16. The van der Waals surface area contributed by atoms with Crippen LogP contribution in [0.2, 0.25) is 0 Å². The molecule has 4 rings (SSSR count). The van der Waals surface area contributed by atoms with Crippen LogP contribution in [0.3, 0.4) is 0 Å². The van der Waals surface area contributed by atoms with Crippen molar-refractivity contribution in [3.05, 3.63) is 77.6 Å². The number of hydrogen-bond acceptors (Lipinski definition) is 2. The number of aromatic nitrogens is 3. The van der Waals surface area contributed by atoms with Gasteiger partial charge in [0.15, 0.2) is 5.82 Å². The fraction of sp³-hybridized carbons (Fsp3) is 0.174. The quantitative estimate of drug-likeness (QED) is 0.495. The average molecular weight is 340 g/mol. The molecule has 0 saturated carbocycles. The van der Waals surface area contributed by atoms with Crippen molar-refractivity contribution in [1.29, 1.82) is 0 Å². The fourth-order valence-electron chi connectivity index (χ4n) is 3.63. The van der Waals surface area contributed by atoms with E-state index in [0.717, 1.165) is 16.8 Å². The lowest BCUT2D eigenvalue weighted by Gasteiger charge is -2.11. The van der Waals surface area contributed by atoms with Crippen LogP contribution in [-0.2, 0) is 7.05 Å². The van der Waals surface area contributed by atoms with E-state index in [0.29, 0.717) is 0 Å². The molecule has 0 bridgehead atoms. The molecule has 0 radical (unpaired) electrons. The molecule has 128 valence electrons. The van der Waals surface area contributed by atoms with Gasteiger partial charge in [0.05, 0.1) is 5.39 Å². The van der Waals surface area contributed by atoms with Crippen LogP contribution >= 0.6 is 0 Å². The van der Waals surface area contributed by atoms with Crippen molar-refractivity contribution in [2.75, 3.05) is 0 Å². The molecule has 4 aromatic rings. The largest absolute Gasteiger partial charge is 0.237 e. The molecule has 0 aliphatic heterocycles. The van der Waals surface area contributed by atoms with Gasteiger partial charge in [0, 0.05) is 35.7 Å². The van der Waals surface area contributed by atoms with Crippen molar-refractivity contribution in [3.63, 3.8) is 0 Å². The minimum atomic E-state index is 0.758. The van der Waals surface area contributed by atoms with E-state index in [1.54, 1.807) is 12.4 Å². The van der Waals surface area contributed by atoms with Crippen LogP contribution in [0.5, 0.6) is 0 Å². The van der Waals surface area contributed by atoms with Gasteiger partial charge in [-0.3, -0.25) is 0 Å². The van der Waals surface area contributed by atoms with Gasteiger partial charge in [0.2, 0.25) is 11.2 Å². The number of benzene rings is 2. The van der Waals surface area contributed by atoms with Gasteiger partial charge < -0.3 is 0 Å². The summed E-state index contributed by atoms with van der Waals surface area (Å²) < 4.78 is 2.27. The van der Waals surface area contributed by atoms with Gasteiger partial charge in [-0.05, 0) is 50.1 Å². The third-order valence-electron chi connectivity index (χ3n) is 5.11. The summed E-state index contributed by atoms with van der Waals surface area (Å²) in [6.07, 6.45) is 3.57. The van der Waals surface area contributed by atoms with Crippen LogP contribution in [-0.4, -0.2) is 9.97 Å². The SMILES string of the molecule is Cc1cc(C)c(C)c(-c2ccc3c(-c4ncccn4)cccc3[n+]2C)c1. The Morgan fingerprint density at radius 2 is 1.58 bits per heavy atom. The Balaban J connectivity index is 1.98. The first-order valence-corrected chi connectivity index (χ1v) is 8.83.